The van der Waals surface area contributed by atoms with Crippen LogP contribution in [0.2, 0.25) is 5.02 Å². The number of anilines is 1. The summed E-state index contributed by atoms with van der Waals surface area (Å²) in [6, 6.07) is 9.77. The summed E-state index contributed by atoms with van der Waals surface area (Å²) < 4.78 is 10.6. The minimum atomic E-state index is -0.445. The third kappa shape index (κ3) is 3.82. The lowest BCUT2D eigenvalue weighted by atomic mass is 10.1. The van der Waals surface area contributed by atoms with E-state index in [9.17, 15) is 14.9 Å². The number of hydrogen-bond donors (Lipinski definition) is 0. The van der Waals surface area contributed by atoms with Gasteiger partial charge in [0.15, 0.2) is 11.5 Å². The highest BCUT2D eigenvalue weighted by atomic mass is 35.5. The number of nitro groups is 1. The molecule has 0 N–H and O–H groups in total. The van der Waals surface area contributed by atoms with E-state index in [1.165, 1.54) is 20.3 Å². The molecule has 0 aromatic heterocycles. The normalized spacial score (nSPS) is 14.0. The van der Waals surface area contributed by atoms with Gasteiger partial charge in [-0.2, -0.15) is 0 Å². The molecule has 1 aliphatic rings. The molecule has 2 aromatic carbocycles. The highest BCUT2D eigenvalue weighted by Gasteiger charge is 2.28. The molecule has 0 spiro atoms. The van der Waals surface area contributed by atoms with Crippen LogP contribution in [0.15, 0.2) is 36.4 Å². The summed E-state index contributed by atoms with van der Waals surface area (Å²) in [5, 5.41) is 11.6. The van der Waals surface area contributed by atoms with Gasteiger partial charge in [0.2, 0.25) is 0 Å². The van der Waals surface area contributed by atoms with Gasteiger partial charge in [0.05, 0.1) is 24.7 Å². The fourth-order valence-electron chi connectivity index (χ4n) is 3.29. The lowest BCUT2D eigenvalue weighted by Crippen LogP contribution is -2.49. The molecule has 0 aliphatic carbocycles. The zero-order chi connectivity index (χ0) is 20.3. The molecule has 9 heteroatoms. The molecule has 1 fully saturated rings. The van der Waals surface area contributed by atoms with E-state index in [-0.39, 0.29) is 11.6 Å². The Morgan fingerprint density at radius 2 is 1.82 bits per heavy atom. The fraction of sp³-hybridized carbons (Fsp3) is 0.316. The number of amides is 1. The van der Waals surface area contributed by atoms with Crippen molar-refractivity contribution in [2.45, 2.75) is 0 Å². The predicted octanol–water partition coefficient (Wildman–Crippen LogP) is 3.23. The Hall–Kier alpha value is -3.00. The van der Waals surface area contributed by atoms with Crippen LogP contribution in [0.3, 0.4) is 0 Å². The number of carbonyl (C=O) groups is 1. The standard InChI is InChI=1S/C19H20ClN3O5/c1-27-17-5-3-4-14(18(17)28-2)19(24)22-10-8-21(9-11-22)15-7-6-13(20)12-16(15)23(25)26/h3-7,12H,8-11H2,1-2H3. The van der Waals surface area contributed by atoms with E-state index < -0.39 is 4.92 Å². The van der Waals surface area contributed by atoms with Crippen LogP contribution in [0.25, 0.3) is 0 Å². The van der Waals surface area contributed by atoms with Crippen molar-refractivity contribution in [1.82, 2.24) is 4.90 Å². The lowest BCUT2D eigenvalue weighted by Gasteiger charge is -2.36. The van der Waals surface area contributed by atoms with Gasteiger partial charge in [0.1, 0.15) is 5.69 Å². The molecule has 3 rings (SSSR count). The van der Waals surface area contributed by atoms with Gasteiger partial charge < -0.3 is 19.3 Å². The zero-order valence-electron chi connectivity index (χ0n) is 15.6. The van der Waals surface area contributed by atoms with Crippen LogP contribution >= 0.6 is 11.6 Å². The number of halogens is 1. The monoisotopic (exact) mass is 405 g/mol. The SMILES string of the molecule is COc1cccc(C(=O)N2CCN(c3ccc(Cl)cc3[N+](=O)[O-])CC2)c1OC. The third-order valence-corrected chi connectivity index (χ3v) is 4.91. The van der Waals surface area contributed by atoms with Gasteiger partial charge >= 0.3 is 0 Å². The number of nitrogens with zero attached hydrogens (tertiary/aromatic N) is 3. The van der Waals surface area contributed by atoms with Gasteiger partial charge in [-0.25, -0.2) is 0 Å². The molecule has 148 valence electrons. The maximum absolute atomic E-state index is 13.0. The largest absolute Gasteiger partial charge is 0.493 e. The summed E-state index contributed by atoms with van der Waals surface area (Å²) in [4.78, 5) is 27.4. The first-order chi connectivity index (χ1) is 13.5. The molecule has 28 heavy (non-hydrogen) atoms. The van der Waals surface area contributed by atoms with Crippen molar-refractivity contribution < 1.29 is 19.2 Å². The average Bonchev–Trinajstić information content (AvgIpc) is 2.72. The van der Waals surface area contributed by atoms with Gasteiger partial charge in [0, 0.05) is 37.3 Å². The van der Waals surface area contributed by atoms with Crippen LogP contribution in [0.4, 0.5) is 11.4 Å². The van der Waals surface area contributed by atoms with Crippen LogP contribution in [0.5, 0.6) is 11.5 Å². The Morgan fingerprint density at radius 3 is 2.43 bits per heavy atom. The molecular weight excluding hydrogens is 386 g/mol. The van der Waals surface area contributed by atoms with E-state index >= 15 is 0 Å². The van der Waals surface area contributed by atoms with Crippen molar-refractivity contribution >= 4 is 28.9 Å². The Morgan fingerprint density at radius 1 is 1.11 bits per heavy atom. The second kappa shape index (κ2) is 8.35. The Kier molecular flexibility index (Phi) is 5.89. The summed E-state index contributed by atoms with van der Waals surface area (Å²) in [6.07, 6.45) is 0. The third-order valence-electron chi connectivity index (χ3n) is 4.68. The van der Waals surface area contributed by atoms with Gasteiger partial charge in [0.25, 0.3) is 11.6 Å². The summed E-state index contributed by atoms with van der Waals surface area (Å²) in [6.45, 7) is 1.80. The number of nitro benzene ring substituents is 1. The minimum absolute atomic E-state index is 0.0401. The second-order valence-corrected chi connectivity index (χ2v) is 6.65. The van der Waals surface area contributed by atoms with Gasteiger partial charge in [-0.05, 0) is 24.3 Å². The fourth-order valence-corrected chi connectivity index (χ4v) is 3.45. The van der Waals surface area contributed by atoms with Crippen molar-refractivity contribution in [3.05, 3.63) is 57.1 Å². The molecule has 0 saturated carbocycles. The molecule has 0 radical (unpaired) electrons. The number of piperazine rings is 1. The van der Waals surface area contributed by atoms with E-state index in [0.29, 0.717) is 54.0 Å². The van der Waals surface area contributed by atoms with Gasteiger partial charge in [-0.3, -0.25) is 14.9 Å². The topological polar surface area (TPSA) is 85.2 Å². The lowest BCUT2D eigenvalue weighted by molar-refractivity contribution is -0.384. The number of para-hydroxylation sites is 1. The molecule has 1 heterocycles. The van der Waals surface area contributed by atoms with Crippen LogP contribution in [-0.4, -0.2) is 56.1 Å². The number of methoxy groups -OCH3 is 2. The summed E-state index contributed by atoms with van der Waals surface area (Å²) >= 11 is 5.89. The summed E-state index contributed by atoms with van der Waals surface area (Å²) in [5.74, 6) is 0.718. The molecule has 0 unspecified atom stereocenters. The molecular formula is C19H20ClN3O5. The van der Waals surface area contributed by atoms with Gasteiger partial charge in [-0.15, -0.1) is 0 Å². The van der Waals surface area contributed by atoms with E-state index in [0.717, 1.165) is 0 Å². The van der Waals surface area contributed by atoms with Crippen molar-refractivity contribution in [3.8, 4) is 11.5 Å². The van der Waals surface area contributed by atoms with Crippen molar-refractivity contribution in [2.75, 3.05) is 45.3 Å². The first-order valence-electron chi connectivity index (χ1n) is 8.65. The molecule has 8 nitrogen and oxygen atoms in total. The second-order valence-electron chi connectivity index (χ2n) is 6.21. The Labute approximate surface area is 167 Å². The maximum atomic E-state index is 13.0. The number of rotatable bonds is 5. The average molecular weight is 406 g/mol. The quantitative estimate of drug-likeness (QED) is 0.560. The number of benzene rings is 2. The molecule has 0 bridgehead atoms. The molecule has 0 atom stereocenters. The van der Waals surface area contributed by atoms with Crippen molar-refractivity contribution in [1.29, 1.82) is 0 Å². The van der Waals surface area contributed by atoms with E-state index in [4.69, 9.17) is 21.1 Å². The highest BCUT2D eigenvalue weighted by molar-refractivity contribution is 6.30. The first-order valence-corrected chi connectivity index (χ1v) is 9.03. The van der Waals surface area contributed by atoms with E-state index in [2.05, 4.69) is 0 Å². The van der Waals surface area contributed by atoms with Crippen molar-refractivity contribution in [2.24, 2.45) is 0 Å². The van der Waals surface area contributed by atoms with Crippen LogP contribution in [-0.2, 0) is 0 Å². The Bertz CT molecular complexity index is 897. The van der Waals surface area contributed by atoms with Crippen molar-refractivity contribution in [3.63, 3.8) is 0 Å². The molecule has 1 saturated heterocycles. The number of carbonyl (C=O) groups excluding carboxylic acids is 1. The minimum Gasteiger partial charge on any atom is -0.493 e. The first kappa shape index (κ1) is 19.8. The zero-order valence-corrected chi connectivity index (χ0v) is 16.3. The van der Waals surface area contributed by atoms with E-state index in [1.807, 2.05) is 4.90 Å². The van der Waals surface area contributed by atoms with Gasteiger partial charge in [-0.1, -0.05) is 17.7 Å². The molecule has 2 aromatic rings. The number of ether oxygens (including phenoxy) is 2. The van der Waals surface area contributed by atoms with Crippen LogP contribution in [0, 0.1) is 10.1 Å². The van der Waals surface area contributed by atoms with E-state index in [1.54, 1.807) is 35.2 Å². The smallest absolute Gasteiger partial charge is 0.294 e. The predicted molar refractivity (Wildman–Crippen MR) is 106 cm³/mol. The van der Waals surface area contributed by atoms with Crippen LogP contribution in [0.1, 0.15) is 10.4 Å². The Balaban J connectivity index is 1.76. The maximum Gasteiger partial charge on any atom is 0.294 e. The summed E-state index contributed by atoms with van der Waals surface area (Å²) in [7, 11) is 3.01. The highest BCUT2D eigenvalue weighted by Crippen LogP contribution is 2.33. The molecule has 1 aliphatic heterocycles. The molecule has 1 amide bonds. The van der Waals surface area contributed by atoms with Crippen LogP contribution < -0.4 is 14.4 Å². The summed E-state index contributed by atoms with van der Waals surface area (Å²) in [5.41, 5.74) is 0.884. The number of hydrogen-bond acceptors (Lipinski definition) is 6.